The van der Waals surface area contributed by atoms with Crippen molar-refractivity contribution in [2.45, 2.75) is 76.2 Å². The second-order valence-electron chi connectivity index (χ2n) is 13.0. The minimum atomic E-state index is -0.647. The summed E-state index contributed by atoms with van der Waals surface area (Å²) in [5, 5.41) is 6.45. The van der Waals surface area contributed by atoms with Crippen LogP contribution in [0.4, 0.5) is 22.1 Å². The number of hydrogen-bond donors (Lipinski definition) is 3. The van der Waals surface area contributed by atoms with Gasteiger partial charge in [-0.2, -0.15) is 0 Å². The highest BCUT2D eigenvalue weighted by Gasteiger charge is 2.34. The Morgan fingerprint density at radius 2 is 1.70 bits per heavy atom. The zero-order valence-electron chi connectivity index (χ0n) is 27.5. The molecule has 4 amide bonds. The summed E-state index contributed by atoms with van der Waals surface area (Å²) in [5.41, 5.74) is 7.79. The largest absolute Gasteiger partial charge is 0.364 e. The average Bonchev–Trinajstić information content (AvgIpc) is 3.41. The molecular weight excluding hydrogens is 582 g/mol. The number of nitrogens with one attached hydrogen (secondary N) is 2. The van der Waals surface area contributed by atoms with Gasteiger partial charge in [-0.05, 0) is 75.7 Å². The monoisotopic (exact) mass is 633 g/mol. The normalized spacial score (nSPS) is 19.2. The third-order valence-electron chi connectivity index (χ3n) is 9.71. The third kappa shape index (κ3) is 8.45. The molecule has 0 aliphatic carbocycles. The second-order valence-corrected chi connectivity index (χ2v) is 13.0. The molecule has 0 radical (unpaired) electrons. The van der Waals surface area contributed by atoms with Gasteiger partial charge in [0.2, 0.25) is 5.91 Å². The molecule has 1 aromatic heterocycles. The van der Waals surface area contributed by atoms with Crippen molar-refractivity contribution in [3.05, 3.63) is 41.7 Å². The van der Waals surface area contributed by atoms with Gasteiger partial charge < -0.3 is 36.0 Å². The average molecular weight is 634 g/mol. The molecule has 250 valence electrons. The molecule has 12 nitrogen and oxygen atoms in total. The lowest BCUT2D eigenvalue weighted by molar-refractivity contribution is -0.132. The van der Waals surface area contributed by atoms with Gasteiger partial charge >= 0.3 is 6.03 Å². The number of primary amides is 1. The first-order valence-electron chi connectivity index (χ1n) is 17.1. The number of rotatable bonds is 14. The van der Waals surface area contributed by atoms with E-state index in [1.807, 2.05) is 36.0 Å². The van der Waals surface area contributed by atoms with Crippen molar-refractivity contribution in [2.24, 2.45) is 5.73 Å². The standard InChI is InChI=1S/C34H51N9O3/c1-36-17-7-5-3-4-6-10-30(44)41-19-15-26(16-20-41)25-11-13-27(14-12-25)38-33-31(32(35)45)37-23-29(39-33)42-18-8-9-28(24-42)43-22-21-40(2)34(43)46/h11-14,23,26,28,36H,3-10,15-22,24H2,1-2H3,(H2,35,45)(H,38,39). The van der Waals surface area contributed by atoms with Crippen molar-refractivity contribution in [1.29, 1.82) is 0 Å². The Morgan fingerprint density at radius 1 is 0.957 bits per heavy atom. The minimum absolute atomic E-state index is 0.0732. The smallest absolute Gasteiger partial charge is 0.320 e. The van der Waals surface area contributed by atoms with Crippen LogP contribution in [0.3, 0.4) is 0 Å². The number of piperidine rings is 2. The molecule has 46 heavy (non-hydrogen) atoms. The van der Waals surface area contributed by atoms with Gasteiger partial charge in [-0.25, -0.2) is 14.8 Å². The fraction of sp³-hybridized carbons (Fsp3) is 0.618. The number of anilines is 3. The summed E-state index contributed by atoms with van der Waals surface area (Å²) in [6, 6.07) is 8.40. The lowest BCUT2D eigenvalue weighted by Crippen LogP contribution is -2.49. The van der Waals surface area contributed by atoms with Crippen molar-refractivity contribution < 1.29 is 14.4 Å². The Morgan fingerprint density at radius 3 is 2.39 bits per heavy atom. The number of likely N-dealkylation sites (N-methyl/N-ethyl adjacent to an activating group) is 1. The molecule has 0 bridgehead atoms. The molecule has 3 aliphatic heterocycles. The van der Waals surface area contributed by atoms with Crippen LogP contribution in [0.2, 0.25) is 0 Å². The Balaban J connectivity index is 1.14. The van der Waals surface area contributed by atoms with Crippen molar-refractivity contribution in [3.8, 4) is 0 Å². The maximum absolute atomic E-state index is 12.7. The second kappa shape index (κ2) is 16.1. The number of hydrogen-bond acceptors (Lipinski definition) is 8. The first-order chi connectivity index (χ1) is 22.3. The molecule has 3 fully saturated rings. The van der Waals surface area contributed by atoms with E-state index in [1.165, 1.54) is 24.8 Å². The van der Waals surface area contributed by atoms with Gasteiger partial charge in [0, 0.05) is 58.4 Å². The van der Waals surface area contributed by atoms with Crippen LogP contribution in [0.15, 0.2) is 30.5 Å². The number of nitrogens with zero attached hydrogens (tertiary/aromatic N) is 6. The molecule has 1 aromatic carbocycles. The van der Waals surface area contributed by atoms with Crippen LogP contribution in [0.25, 0.3) is 0 Å². The lowest BCUT2D eigenvalue weighted by Gasteiger charge is -2.37. The molecule has 1 unspecified atom stereocenters. The van der Waals surface area contributed by atoms with Crippen LogP contribution in [0.1, 0.15) is 86.2 Å². The number of aromatic nitrogens is 2. The number of unbranched alkanes of at least 4 members (excludes halogenated alkanes) is 4. The van der Waals surface area contributed by atoms with Gasteiger partial charge in [0.25, 0.3) is 5.91 Å². The number of likely N-dealkylation sites (tertiary alicyclic amines) is 1. The summed E-state index contributed by atoms with van der Waals surface area (Å²) < 4.78 is 0. The minimum Gasteiger partial charge on any atom is -0.364 e. The van der Waals surface area contributed by atoms with Gasteiger partial charge in [-0.1, -0.05) is 31.4 Å². The van der Waals surface area contributed by atoms with Crippen LogP contribution in [0.5, 0.6) is 0 Å². The zero-order chi connectivity index (χ0) is 32.5. The summed E-state index contributed by atoms with van der Waals surface area (Å²) in [5.74, 6) is 1.02. The van der Waals surface area contributed by atoms with Crippen molar-refractivity contribution in [2.75, 3.05) is 70.1 Å². The van der Waals surface area contributed by atoms with E-state index in [9.17, 15) is 14.4 Å². The van der Waals surface area contributed by atoms with E-state index in [1.54, 1.807) is 11.1 Å². The molecule has 0 spiro atoms. The molecule has 3 aliphatic rings. The number of nitrogens with two attached hydrogens (primary N) is 1. The quantitative estimate of drug-likeness (QED) is 0.266. The van der Waals surface area contributed by atoms with Gasteiger partial charge in [-0.15, -0.1) is 0 Å². The molecular formula is C34H51N9O3. The fourth-order valence-electron chi connectivity index (χ4n) is 6.93. The molecule has 3 saturated heterocycles. The topological polar surface area (TPSA) is 140 Å². The number of urea groups is 1. The zero-order valence-corrected chi connectivity index (χ0v) is 27.5. The maximum Gasteiger partial charge on any atom is 0.320 e. The van der Waals surface area contributed by atoms with Crippen molar-refractivity contribution in [1.82, 2.24) is 30.0 Å². The molecule has 4 heterocycles. The fourth-order valence-corrected chi connectivity index (χ4v) is 6.93. The first kappa shape index (κ1) is 33.4. The Kier molecular flexibility index (Phi) is 11.7. The molecule has 12 heteroatoms. The van der Waals surface area contributed by atoms with E-state index in [2.05, 4.69) is 32.7 Å². The SMILES string of the molecule is CNCCCCCCCC(=O)N1CCC(c2ccc(Nc3nc(N4CCCC(N5CCN(C)C5=O)C4)cnc3C(N)=O)cc2)CC1. The summed E-state index contributed by atoms with van der Waals surface area (Å²) in [6.45, 7) is 5.61. The van der Waals surface area contributed by atoms with Crippen molar-refractivity contribution in [3.63, 3.8) is 0 Å². The predicted molar refractivity (Wildman–Crippen MR) is 180 cm³/mol. The Bertz CT molecular complexity index is 1330. The van der Waals surface area contributed by atoms with Crippen molar-refractivity contribution >= 4 is 35.2 Å². The highest BCUT2D eigenvalue weighted by molar-refractivity contribution is 5.96. The van der Waals surface area contributed by atoms with E-state index >= 15 is 0 Å². The summed E-state index contributed by atoms with van der Waals surface area (Å²) >= 11 is 0. The van der Waals surface area contributed by atoms with Gasteiger partial charge in [0.05, 0.1) is 12.2 Å². The highest BCUT2D eigenvalue weighted by atomic mass is 16.2. The molecule has 4 N–H and O–H groups in total. The van der Waals surface area contributed by atoms with E-state index in [0.717, 1.165) is 83.5 Å². The number of benzene rings is 1. The van der Waals surface area contributed by atoms with Crippen LogP contribution in [-0.2, 0) is 4.79 Å². The third-order valence-corrected chi connectivity index (χ3v) is 9.71. The van der Waals surface area contributed by atoms with E-state index in [4.69, 9.17) is 10.7 Å². The summed E-state index contributed by atoms with van der Waals surface area (Å²) in [6.07, 6.45) is 11.8. The van der Waals surface area contributed by atoms with Crippen LogP contribution < -0.4 is 21.3 Å². The van der Waals surface area contributed by atoms with Gasteiger partial charge in [0.15, 0.2) is 11.5 Å². The predicted octanol–water partition coefficient (Wildman–Crippen LogP) is 3.92. The van der Waals surface area contributed by atoms with E-state index in [0.29, 0.717) is 36.4 Å². The lowest BCUT2D eigenvalue weighted by atomic mass is 9.89. The van der Waals surface area contributed by atoms with Crippen LogP contribution >= 0.6 is 0 Å². The summed E-state index contributed by atoms with van der Waals surface area (Å²) in [7, 11) is 3.82. The number of carbonyl (C=O) groups excluding carboxylic acids is 3. The maximum atomic E-state index is 12.7. The van der Waals surface area contributed by atoms with Gasteiger partial charge in [0.1, 0.15) is 5.82 Å². The highest BCUT2D eigenvalue weighted by Crippen LogP contribution is 2.31. The first-order valence-corrected chi connectivity index (χ1v) is 17.1. The molecule has 1 atom stereocenters. The Hall–Kier alpha value is -3.93. The number of amides is 4. The van der Waals surface area contributed by atoms with Gasteiger partial charge in [-0.3, -0.25) is 9.59 Å². The van der Waals surface area contributed by atoms with E-state index < -0.39 is 5.91 Å². The molecule has 5 rings (SSSR count). The van der Waals surface area contributed by atoms with E-state index in [-0.39, 0.29) is 17.8 Å². The molecule has 2 aromatic rings. The summed E-state index contributed by atoms with van der Waals surface area (Å²) in [4.78, 5) is 54.6. The number of carbonyl (C=O) groups is 3. The van der Waals surface area contributed by atoms with Crippen LogP contribution in [-0.4, -0.2) is 108 Å². The Labute approximate surface area is 273 Å². The van der Waals surface area contributed by atoms with Crippen LogP contribution in [0, 0.1) is 0 Å². The molecule has 0 saturated carbocycles.